The summed E-state index contributed by atoms with van der Waals surface area (Å²) in [5, 5.41) is 8.98. The predicted octanol–water partition coefficient (Wildman–Crippen LogP) is 4.55. The number of nitrogens with one attached hydrogen (secondary N) is 1. The van der Waals surface area contributed by atoms with E-state index >= 15 is 0 Å². The van der Waals surface area contributed by atoms with Gasteiger partial charge in [-0.05, 0) is 62.6 Å². The van der Waals surface area contributed by atoms with Crippen molar-refractivity contribution in [2.45, 2.75) is 47.9 Å². The van der Waals surface area contributed by atoms with E-state index in [-0.39, 0.29) is 37.4 Å². The Balaban J connectivity index is 1.32. The third kappa shape index (κ3) is 4.59. The van der Waals surface area contributed by atoms with E-state index in [9.17, 15) is 16.8 Å². The van der Waals surface area contributed by atoms with Crippen molar-refractivity contribution >= 4 is 60.1 Å². The lowest BCUT2D eigenvalue weighted by atomic mass is 10.1. The van der Waals surface area contributed by atoms with Crippen LogP contribution >= 0.6 is 23.2 Å². The minimum Gasteiger partial charge on any atom is -0.274 e. The maximum absolute atomic E-state index is 13.4. The molecule has 5 aromatic rings. The number of aromatic nitrogens is 5. The molecule has 3 aromatic heterocycles. The number of rotatable bonds is 6. The zero-order chi connectivity index (χ0) is 27.5. The summed E-state index contributed by atoms with van der Waals surface area (Å²) in [4.78, 5) is 4.46. The molecule has 0 saturated heterocycles. The zero-order valence-electron chi connectivity index (χ0n) is 20.5. The predicted molar refractivity (Wildman–Crippen MR) is 147 cm³/mol. The van der Waals surface area contributed by atoms with Gasteiger partial charge in [-0.3, -0.25) is 4.40 Å². The Hall–Kier alpha value is -3.03. The maximum atomic E-state index is 13.4. The van der Waals surface area contributed by atoms with E-state index in [4.69, 9.17) is 23.2 Å². The Morgan fingerprint density at radius 1 is 0.974 bits per heavy atom. The van der Waals surface area contributed by atoms with Crippen LogP contribution in [-0.4, -0.2) is 46.4 Å². The number of hydrogen-bond acceptors (Lipinski definition) is 7. The average Bonchev–Trinajstić information content (AvgIpc) is 3.63. The van der Waals surface area contributed by atoms with Gasteiger partial charge in [-0.1, -0.05) is 40.9 Å². The number of benzene rings is 2. The summed E-state index contributed by atoms with van der Waals surface area (Å²) >= 11 is 12.1. The SMILES string of the molecule is Cc1ccc(S(=O)(=O)n2ccc3c2ncc2nnc([C@@H]4CC[C@H](NS(=O)(=O)c5cc(Cl)ccc5Cl)C4)n23)cc1. The number of sulfonamides is 1. The summed E-state index contributed by atoms with van der Waals surface area (Å²) in [6.45, 7) is 1.89. The molecule has 2 atom stereocenters. The molecule has 0 aliphatic heterocycles. The van der Waals surface area contributed by atoms with Crippen molar-refractivity contribution in [2.75, 3.05) is 0 Å². The van der Waals surface area contributed by atoms with E-state index in [1.165, 1.54) is 30.6 Å². The Labute approximate surface area is 234 Å². The molecule has 1 aliphatic rings. The van der Waals surface area contributed by atoms with Gasteiger partial charge in [0.2, 0.25) is 10.0 Å². The second kappa shape index (κ2) is 9.56. The fraction of sp³-hybridized carbons (Fsp3) is 0.240. The third-order valence-electron chi connectivity index (χ3n) is 6.94. The van der Waals surface area contributed by atoms with E-state index in [0.29, 0.717) is 36.3 Å². The molecule has 6 rings (SSSR count). The fourth-order valence-electron chi connectivity index (χ4n) is 5.02. The number of nitrogens with zero attached hydrogens (tertiary/aromatic N) is 5. The topological polar surface area (TPSA) is 128 Å². The average molecular weight is 606 g/mol. The molecule has 0 unspecified atom stereocenters. The van der Waals surface area contributed by atoms with Gasteiger partial charge in [-0.2, -0.15) is 0 Å². The molecular weight excluding hydrogens is 583 g/mol. The summed E-state index contributed by atoms with van der Waals surface area (Å²) < 4.78 is 58.5. The van der Waals surface area contributed by atoms with Crippen LogP contribution in [0.15, 0.2) is 70.7 Å². The molecule has 1 aliphatic carbocycles. The van der Waals surface area contributed by atoms with Crippen LogP contribution in [0.4, 0.5) is 0 Å². The number of halogens is 2. The summed E-state index contributed by atoms with van der Waals surface area (Å²) in [7, 11) is -7.78. The summed E-state index contributed by atoms with van der Waals surface area (Å²) in [6.07, 6.45) is 4.66. The molecule has 1 N–H and O–H groups in total. The zero-order valence-corrected chi connectivity index (χ0v) is 23.6. The maximum Gasteiger partial charge on any atom is 0.269 e. The van der Waals surface area contributed by atoms with E-state index in [0.717, 1.165) is 9.54 Å². The summed E-state index contributed by atoms with van der Waals surface area (Å²) in [5.74, 6) is 0.496. The molecule has 0 radical (unpaired) electrons. The van der Waals surface area contributed by atoms with Gasteiger partial charge in [-0.25, -0.2) is 30.5 Å². The molecule has 0 spiro atoms. The molecule has 39 heavy (non-hydrogen) atoms. The lowest BCUT2D eigenvalue weighted by Gasteiger charge is -2.14. The largest absolute Gasteiger partial charge is 0.274 e. The van der Waals surface area contributed by atoms with Crippen LogP contribution in [0.5, 0.6) is 0 Å². The van der Waals surface area contributed by atoms with Crippen LogP contribution in [0.2, 0.25) is 10.0 Å². The van der Waals surface area contributed by atoms with Crippen molar-refractivity contribution in [2.24, 2.45) is 0 Å². The first-order valence-corrected chi connectivity index (χ1v) is 15.7. The first kappa shape index (κ1) is 26.2. The molecule has 1 saturated carbocycles. The van der Waals surface area contributed by atoms with E-state index in [2.05, 4.69) is 19.9 Å². The van der Waals surface area contributed by atoms with Gasteiger partial charge in [-0.15, -0.1) is 10.2 Å². The van der Waals surface area contributed by atoms with Gasteiger partial charge >= 0.3 is 0 Å². The molecule has 2 aromatic carbocycles. The number of aryl methyl sites for hydroxylation is 1. The van der Waals surface area contributed by atoms with E-state index < -0.39 is 20.0 Å². The van der Waals surface area contributed by atoms with Crippen LogP contribution in [0, 0.1) is 6.92 Å². The van der Waals surface area contributed by atoms with Gasteiger partial charge in [0.1, 0.15) is 10.7 Å². The molecule has 14 heteroatoms. The van der Waals surface area contributed by atoms with Gasteiger partial charge in [0.05, 0.1) is 21.6 Å². The van der Waals surface area contributed by atoms with Crippen LogP contribution in [0.3, 0.4) is 0 Å². The Bertz CT molecular complexity index is 1950. The molecule has 0 bridgehead atoms. The molecule has 3 heterocycles. The van der Waals surface area contributed by atoms with Crippen LogP contribution in [-0.2, 0) is 20.0 Å². The molecular formula is C25H22Cl2N6O4S2. The quantitative estimate of drug-likeness (QED) is 0.301. The lowest BCUT2D eigenvalue weighted by Crippen LogP contribution is -2.33. The van der Waals surface area contributed by atoms with E-state index in [1.807, 2.05) is 6.92 Å². The minimum atomic E-state index is -3.90. The molecule has 0 amide bonds. The number of fused-ring (bicyclic) bond motifs is 3. The first-order chi connectivity index (χ1) is 18.5. The van der Waals surface area contributed by atoms with Crippen molar-refractivity contribution < 1.29 is 16.8 Å². The third-order valence-corrected chi connectivity index (χ3v) is 10.9. The highest BCUT2D eigenvalue weighted by Crippen LogP contribution is 2.36. The monoisotopic (exact) mass is 604 g/mol. The number of hydrogen-bond donors (Lipinski definition) is 1. The standard InChI is InChI=1S/C25H22Cl2N6O4S2/c1-15-2-7-19(8-3-15)39(36,37)32-11-10-21-25(32)28-14-23-29-30-24(33(21)23)16-4-6-18(12-16)31-38(34,35)22-13-17(26)5-9-20(22)27/h2-3,5,7-11,13-14,16,18,31H,4,6,12H2,1H3/t16-,18+/m1/s1. The van der Waals surface area contributed by atoms with Gasteiger partial charge in [0.15, 0.2) is 11.3 Å². The fourth-order valence-corrected chi connectivity index (χ4v) is 8.37. The molecule has 10 nitrogen and oxygen atoms in total. The Kier molecular flexibility index (Phi) is 6.42. The second-order valence-corrected chi connectivity index (χ2v) is 13.9. The van der Waals surface area contributed by atoms with Crippen molar-refractivity contribution in [3.63, 3.8) is 0 Å². The first-order valence-electron chi connectivity index (χ1n) is 12.1. The van der Waals surface area contributed by atoms with Crippen LogP contribution in [0.1, 0.15) is 36.6 Å². The van der Waals surface area contributed by atoms with Gasteiger partial charge in [0, 0.05) is 23.2 Å². The van der Waals surface area contributed by atoms with Gasteiger partial charge < -0.3 is 0 Å². The van der Waals surface area contributed by atoms with Crippen LogP contribution in [0.25, 0.3) is 16.8 Å². The summed E-state index contributed by atoms with van der Waals surface area (Å²) in [6, 6.07) is 12.2. The summed E-state index contributed by atoms with van der Waals surface area (Å²) in [5.41, 5.74) is 2.21. The normalized spacial score (nSPS) is 18.3. The Morgan fingerprint density at radius 3 is 2.51 bits per heavy atom. The van der Waals surface area contributed by atoms with E-state index in [1.54, 1.807) is 34.7 Å². The van der Waals surface area contributed by atoms with Crippen molar-refractivity contribution in [1.29, 1.82) is 0 Å². The molecule has 1 fully saturated rings. The minimum absolute atomic E-state index is 0.0723. The van der Waals surface area contributed by atoms with Gasteiger partial charge in [0.25, 0.3) is 10.0 Å². The highest BCUT2D eigenvalue weighted by molar-refractivity contribution is 7.90. The van der Waals surface area contributed by atoms with Crippen LogP contribution < -0.4 is 4.72 Å². The lowest BCUT2D eigenvalue weighted by molar-refractivity contribution is 0.546. The smallest absolute Gasteiger partial charge is 0.269 e. The highest BCUT2D eigenvalue weighted by atomic mass is 35.5. The van der Waals surface area contributed by atoms with Crippen molar-refractivity contribution in [3.05, 3.63) is 82.4 Å². The highest BCUT2D eigenvalue weighted by Gasteiger charge is 2.33. The van der Waals surface area contributed by atoms with Crippen molar-refractivity contribution in [1.82, 2.24) is 28.3 Å². The Morgan fingerprint density at radius 2 is 1.74 bits per heavy atom. The van der Waals surface area contributed by atoms with Crippen molar-refractivity contribution in [3.8, 4) is 0 Å². The second-order valence-electron chi connectivity index (χ2n) is 9.55. The molecule has 202 valence electrons.